The Kier molecular flexibility index (Phi) is 38.5. The number of hydrogen-bond donors (Lipinski definition) is 0. The van der Waals surface area contributed by atoms with Crippen molar-refractivity contribution in [2.24, 2.45) is 0 Å². The van der Waals surface area contributed by atoms with Crippen molar-refractivity contribution in [2.75, 3.05) is 0 Å². The molecule has 10 heteroatoms. The summed E-state index contributed by atoms with van der Waals surface area (Å²) in [6, 6.07) is 0. The molecule has 0 rings (SSSR count). The average molecular weight is 286 g/mol. The minimum atomic E-state index is -2.92. The molecule has 6 nitrogen and oxygen atoms in total. The van der Waals surface area contributed by atoms with Gasteiger partial charge in [-0.25, -0.2) is 0 Å². The Hall–Kier alpha value is 1.79. The van der Waals surface area contributed by atoms with E-state index in [0.717, 1.165) is 0 Å². The fraction of sp³-hybridized carbons (Fsp3) is 0. The molecule has 0 radical (unpaired) electrons. The van der Waals surface area contributed by atoms with Crippen molar-refractivity contribution in [2.45, 2.75) is 0 Å². The van der Waals surface area contributed by atoms with Crippen LogP contribution in [0.1, 0.15) is 0 Å². The van der Waals surface area contributed by atoms with Crippen LogP contribution in [0.15, 0.2) is 0 Å². The van der Waals surface area contributed by atoms with Crippen LogP contribution in [0.5, 0.6) is 0 Å². The van der Waals surface area contributed by atoms with Crippen molar-refractivity contribution in [3.63, 3.8) is 0 Å². The van der Waals surface area contributed by atoms with Crippen molar-refractivity contribution in [1.82, 2.24) is 0 Å². The molecule has 0 aromatic heterocycles. The van der Waals surface area contributed by atoms with Gasteiger partial charge in [-0.3, -0.25) is 14.6 Å². The maximum Gasteiger partial charge on any atom is 3.00 e. The largest absolute Gasteiger partial charge is 3.00 e. The fourth-order valence-electron chi connectivity index (χ4n) is 0. The number of hydrogen-bond acceptors (Lipinski definition) is 6. The smallest absolute Gasteiger partial charge is 0.907 e. The molecule has 0 heterocycles. The van der Waals surface area contributed by atoms with E-state index in [0.29, 0.717) is 0 Å². The predicted molar refractivity (Wildman–Crippen MR) is 17.3 cm³/mol. The van der Waals surface area contributed by atoms with Gasteiger partial charge in [0.1, 0.15) is 0 Å². The molecule has 0 aromatic rings. The zero-order valence-electron chi connectivity index (χ0n) is 4.76. The first-order valence-corrected chi connectivity index (χ1v) is 1.41. The van der Waals surface area contributed by atoms with Gasteiger partial charge in [0.15, 0.2) is 0 Å². The van der Waals surface area contributed by atoms with E-state index in [1.54, 1.807) is 0 Å². The van der Waals surface area contributed by atoms with Crippen molar-refractivity contribution in [3.8, 4) is 0 Å². The van der Waals surface area contributed by atoms with E-state index in [2.05, 4.69) is 0 Å². The van der Waals surface area contributed by atoms with Crippen LogP contribution >= 0.6 is 0 Å². The summed E-state index contributed by atoms with van der Waals surface area (Å²) in [5, 5.41) is 50.5. The van der Waals surface area contributed by atoms with Crippen molar-refractivity contribution >= 4 is 32.0 Å². The molecule has 0 N–H and O–H groups in total. The maximum atomic E-state index is 8.42. The Labute approximate surface area is 102 Å². The van der Waals surface area contributed by atoms with Crippen molar-refractivity contribution < 1.29 is 71.4 Å². The van der Waals surface area contributed by atoms with E-state index in [1.165, 1.54) is 0 Å². The summed E-state index contributed by atoms with van der Waals surface area (Å²) in [4.78, 5) is 0. The zero-order chi connectivity index (χ0) is 7.15. The molecule has 0 amide bonds. The van der Waals surface area contributed by atoms with Crippen LogP contribution in [0, 0.1) is 41.3 Å². The topological polar surface area (TPSA) is 138 Å². The van der Waals surface area contributed by atoms with Crippen LogP contribution in [-0.2, 0) is 0 Å². The normalized spacial score (nSPS) is 5.40. The predicted octanol–water partition coefficient (Wildman–Crippen LogP) is -8.28. The van der Waals surface area contributed by atoms with Crippen LogP contribution in [-0.4, -0.2) is 32.0 Å². The Morgan fingerprint density at radius 2 is 0.600 bits per heavy atom. The second-order valence-electron chi connectivity index (χ2n) is 0.577. The second-order valence-corrected chi connectivity index (χ2v) is 0.577. The Morgan fingerprint density at radius 3 is 0.600 bits per heavy atom. The van der Waals surface area contributed by atoms with Crippen LogP contribution in [0.2, 0.25) is 0 Å². The summed E-state index contributed by atoms with van der Waals surface area (Å²) >= 11 is 0. The summed E-state index contributed by atoms with van der Waals surface area (Å²) < 4.78 is 0. The Morgan fingerprint density at radius 1 is 0.600 bits per heavy atom. The minimum Gasteiger partial charge on any atom is -0.907 e. The molecular weight excluding hydrogens is 286 g/mol. The summed E-state index contributed by atoms with van der Waals surface area (Å²) in [5.74, 6) is 0. The van der Waals surface area contributed by atoms with Gasteiger partial charge < -0.3 is 30.1 Å². The maximum absolute atomic E-state index is 8.42. The van der Waals surface area contributed by atoms with Gasteiger partial charge in [-0.2, -0.15) is 0 Å². The molecule has 0 aromatic carbocycles. The minimum absolute atomic E-state index is 0. The Balaban J connectivity index is -0.0000000300. The molecule has 0 spiro atoms. The molecule has 0 unspecified atom stereocenters. The first kappa shape index (κ1) is 22.6. The van der Waals surface area contributed by atoms with E-state index in [-0.39, 0.29) is 58.7 Å². The first-order chi connectivity index (χ1) is 3.46. The molecule has 48 valence electrons. The summed E-state index contributed by atoms with van der Waals surface area (Å²) in [6.07, 6.45) is 0. The van der Waals surface area contributed by atoms with Crippen LogP contribution in [0.4, 0.5) is 0 Å². The molecule has 0 fully saturated rings. The quantitative estimate of drug-likeness (QED) is 0.405. The molecule has 0 atom stereocenters. The van der Waals surface area contributed by atoms with Crippen molar-refractivity contribution in [1.29, 1.82) is 0 Å². The van der Waals surface area contributed by atoms with E-state index in [1.807, 2.05) is 0 Å². The summed E-state index contributed by atoms with van der Waals surface area (Å²) in [6.45, 7) is 0. The monoisotopic (exact) mass is 286 g/mol. The van der Waals surface area contributed by atoms with Gasteiger partial charge in [0.25, 0.3) is 0 Å². The SMILES string of the molecule is [Al+3].[O-]B([O-])[O-].[O-]B([O-])[O-].[Pr+3]. The first-order valence-electron chi connectivity index (χ1n) is 1.41. The second kappa shape index (κ2) is 17.0. The van der Waals surface area contributed by atoms with Gasteiger partial charge >= 0.3 is 58.7 Å². The van der Waals surface area contributed by atoms with Gasteiger partial charge in [-0.1, -0.05) is 0 Å². The van der Waals surface area contributed by atoms with E-state index < -0.39 is 14.6 Å². The third kappa shape index (κ3) is 237. The molecule has 0 aliphatic rings. The summed E-state index contributed by atoms with van der Waals surface area (Å²) in [7, 11) is -5.83. The van der Waals surface area contributed by atoms with Crippen LogP contribution < -0.4 is 30.1 Å². The molecule has 0 aliphatic carbocycles. The molecular formula is AlB2O6Pr. The van der Waals surface area contributed by atoms with Gasteiger partial charge in [0.2, 0.25) is 0 Å². The standard InChI is InChI=1S/Al.2BO3.Pr/c;2*2-1(3)4;/q+3;2*-3;+3. The molecule has 10 heavy (non-hydrogen) atoms. The fourth-order valence-corrected chi connectivity index (χ4v) is 0. The number of rotatable bonds is 0. The zero-order valence-corrected chi connectivity index (χ0v) is 9.62. The molecule has 0 saturated carbocycles. The van der Waals surface area contributed by atoms with Gasteiger partial charge in [-0.05, 0) is 0 Å². The summed E-state index contributed by atoms with van der Waals surface area (Å²) in [5.41, 5.74) is 0. The van der Waals surface area contributed by atoms with Crippen LogP contribution in [0.25, 0.3) is 0 Å². The van der Waals surface area contributed by atoms with E-state index >= 15 is 0 Å². The molecule has 0 saturated heterocycles. The van der Waals surface area contributed by atoms with Crippen LogP contribution in [0.3, 0.4) is 0 Å². The molecule has 0 aliphatic heterocycles. The molecule has 0 bridgehead atoms. The van der Waals surface area contributed by atoms with Gasteiger partial charge in [0, 0.05) is 0 Å². The van der Waals surface area contributed by atoms with Gasteiger partial charge in [0.05, 0.1) is 0 Å². The van der Waals surface area contributed by atoms with E-state index in [9.17, 15) is 0 Å². The van der Waals surface area contributed by atoms with Crippen molar-refractivity contribution in [3.05, 3.63) is 0 Å². The van der Waals surface area contributed by atoms with E-state index in [4.69, 9.17) is 30.1 Å². The average Bonchev–Trinajstić information content (AvgIpc) is 1.25. The Bertz CT molecular complexity index is 31.2. The van der Waals surface area contributed by atoms with Gasteiger partial charge in [-0.15, -0.1) is 0 Å². The third-order valence-corrected chi connectivity index (χ3v) is 0. The third-order valence-electron chi connectivity index (χ3n) is 0.